The molecule has 0 unspecified atom stereocenters. The van der Waals surface area contributed by atoms with E-state index in [1.807, 2.05) is 11.4 Å². The highest BCUT2D eigenvalue weighted by molar-refractivity contribution is 9.10. The van der Waals surface area contributed by atoms with Crippen molar-refractivity contribution in [3.05, 3.63) is 50.9 Å². The molecule has 7 heteroatoms. The number of thiophene rings is 1. The summed E-state index contributed by atoms with van der Waals surface area (Å²) in [5.41, 5.74) is 0. The minimum absolute atomic E-state index is 0.128. The molecule has 0 saturated carbocycles. The van der Waals surface area contributed by atoms with Gasteiger partial charge in [0, 0.05) is 15.9 Å². The quantitative estimate of drug-likeness (QED) is 0.617. The van der Waals surface area contributed by atoms with E-state index in [9.17, 15) is 4.39 Å². The van der Waals surface area contributed by atoms with E-state index in [4.69, 9.17) is 16.3 Å². The van der Waals surface area contributed by atoms with Gasteiger partial charge in [-0.2, -0.15) is 0 Å². The van der Waals surface area contributed by atoms with Crippen LogP contribution in [0.25, 0.3) is 10.2 Å². The molecule has 0 aliphatic carbocycles. The Hall–Kier alpha value is -1.24. The zero-order valence-electron chi connectivity index (χ0n) is 9.94. The van der Waals surface area contributed by atoms with Crippen LogP contribution < -0.4 is 4.74 Å². The molecule has 3 rings (SSSR count). The molecule has 1 aromatic carbocycles. The number of hydrogen-bond donors (Lipinski definition) is 0. The second-order valence-corrected chi connectivity index (χ2v) is 6.13. The van der Waals surface area contributed by atoms with Gasteiger partial charge in [0.1, 0.15) is 28.2 Å². The lowest BCUT2D eigenvalue weighted by molar-refractivity contribution is 0.294. The maximum absolute atomic E-state index is 13.2. The van der Waals surface area contributed by atoms with Gasteiger partial charge in [-0.3, -0.25) is 0 Å². The van der Waals surface area contributed by atoms with Gasteiger partial charge in [-0.15, -0.1) is 11.3 Å². The number of aromatic nitrogens is 2. The Kier molecular flexibility index (Phi) is 3.87. The first kappa shape index (κ1) is 13.7. The Morgan fingerprint density at radius 2 is 2.15 bits per heavy atom. The molecule has 0 spiro atoms. The molecule has 0 amide bonds. The van der Waals surface area contributed by atoms with Crippen LogP contribution in [0.5, 0.6) is 5.75 Å². The van der Waals surface area contributed by atoms with Gasteiger partial charge in [0.05, 0.1) is 0 Å². The Morgan fingerprint density at radius 3 is 2.95 bits per heavy atom. The fraction of sp³-hybridized carbons (Fsp3) is 0.0769. The Morgan fingerprint density at radius 1 is 1.30 bits per heavy atom. The van der Waals surface area contributed by atoms with Crippen LogP contribution in [0.2, 0.25) is 5.15 Å². The standard InChI is InChI=1S/C13H7BrClFN2OS/c14-7-3-8(16)5-9(4-7)19-6-11-17-12(15)10-1-2-20-13(10)18-11/h1-5H,6H2. The van der Waals surface area contributed by atoms with Gasteiger partial charge >= 0.3 is 0 Å². The maximum atomic E-state index is 13.2. The topological polar surface area (TPSA) is 35.0 Å². The molecule has 0 atom stereocenters. The molecule has 20 heavy (non-hydrogen) atoms. The highest BCUT2D eigenvalue weighted by atomic mass is 79.9. The van der Waals surface area contributed by atoms with Crippen molar-refractivity contribution in [2.24, 2.45) is 0 Å². The van der Waals surface area contributed by atoms with Gasteiger partial charge in [-0.05, 0) is 23.6 Å². The molecule has 0 radical (unpaired) electrons. The maximum Gasteiger partial charge on any atom is 0.169 e. The van der Waals surface area contributed by atoms with Crippen molar-refractivity contribution in [1.29, 1.82) is 0 Å². The Labute approximate surface area is 131 Å². The van der Waals surface area contributed by atoms with E-state index in [1.54, 1.807) is 6.07 Å². The van der Waals surface area contributed by atoms with Crippen molar-refractivity contribution < 1.29 is 9.13 Å². The van der Waals surface area contributed by atoms with Crippen LogP contribution in [-0.2, 0) is 6.61 Å². The van der Waals surface area contributed by atoms with Crippen molar-refractivity contribution in [3.8, 4) is 5.75 Å². The van der Waals surface area contributed by atoms with Crippen LogP contribution in [0, 0.1) is 5.82 Å². The van der Waals surface area contributed by atoms with E-state index in [-0.39, 0.29) is 12.4 Å². The van der Waals surface area contributed by atoms with Crippen molar-refractivity contribution in [2.75, 3.05) is 0 Å². The number of halogens is 3. The van der Waals surface area contributed by atoms with Crippen LogP contribution in [0.1, 0.15) is 5.82 Å². The summed E-state index contributed by atoms with van der Waals surface area (Å²) < 4.78 is 19.3. The fourth-order valence-corrected chi connectivity index (χ4v) is 3.22. The molecule has 0 bridgehead atoms. The monoisotopic (exact) mass is 372 g/mol. The first-order valence-electron chi connectivity index (χ1n) is 5.60. The lowest BCUT2D eigenvalue weighted by Crippen LogP contribution is -2.01. The summed E-state index contributed by atoms with van der Waals surface area (Å²) in [6.45, 7) is 0.128. The fourth-order valence-electron chi connectivity index (χ4n) is 1.68. The van der Waals surface area contributed by atoms with Crippen molar-refractivity contribution >= 4 is 49.1 Å². The van der Waals surface area contributed by atoms with Gasteiger partial charge in [0.15, 0.2) is 5.82 Å². The van der Waals surface area contributed by atoms with Crippen molar-refractivity contribution in [1.82, 2.24) is 9.97 Å². The zero-order chi connectivity index (χ0) is 14.1. The lowest BCUT2D eigenvalue weighted by atomic mass is 10.3. The average molecular weight is 374 g/mol. The van der Waals surface area contributed by atoms with Gasteiger partial charge in [0.25, 0.3) is 0 Å². The van der Waals surface area contributed by atoms with E-state index in [2.05, 4.69) is 25.9 Å². The molecule has 0 aliphatic rings. The van der Waals surface area contributed by atoms with E-state index in [0.717, 1.165) is 10.2 Å². The van der Waals surface area contributed by atoms with Crippen LogP contribution in [0.4, 0.5) is 4.39 Å². The van der Waals surface area contributed by atoms with E-state index in [1.165, 1.54) is 23.5 Å². The number of ether oxygens (including phenoxy) is 1. The van der Waals surface area contributed by atoms with Crippen molar-refractivity contribution in [2.45, 2.75) is 6.61 Å². The van der Waals surface area contributed by atoms with E-state index >= 15 is 0 Å². The minimum atomic E-state index is -0.373. The van der Waals surface area contributed by atoms with Crippen LogP contribution >= 0.6 is 38.9 Å². The minimum Gasteiger partial charge on any atom is -0.485 e. The molecule has 102 valence electrons. The Balaban J connectivity index is 1.82. The Bertz CT molecular complexity index is 760. The highest BCUT2D eigenvalue weighted by Gasteiger charge is 2.08. The lowest BCUT2D eigenvalue weighted by Gasteiger charge is -2.06. The van der Waals surface area contributed by atoms with Crippen molar-refractivity contribution in [3.63, 3.8) is 0 Å². The number of fused-ring (bicyclic) bond motifs is 1. The zero-order valence-corrected chi connectivity index (χ0v) is 13.1. The van der Waals surface area contributed by atoms with Gasteiger partial charge < -0.3 is 4.74 Å². The van der Waals surface area contributed by atoms with E-state index in [0.29, 0.717) is 21.2 Å². The number of benzene rings is 1. The molecule has 2 heterocycles. The molecule has 3 aromatic rings. The first-order valence-corrected chi connectivity index (χ1v) is 7.65. The summed E-state index contributed by atoms with van der Waals surface area (Å²) in [7, 11) is 0. The average Bonchev–Trinajstić information content (AvgIpc) is 2.84. The van der Waals surface area contributed by atoms with Crippen LogP contribution in [0.15, 0.2) is 34.1 Å². The summed E-state index contributed by atoms with van der Waals surface area (Å²) in [5, 5.41) is 3.13. The van der Waals surface area contributed by atoms with Gasteiger partial charge in [-0.25, -0.2) is 14.4 Å². The molecular weight excluding hydrogens is 367 g/mol. The summed E-state index contributed by atoms with van der Waals surface area (Å²) in [5.74, 6) is 0.496. The molecule has 0 aliphatic heterocycles. The largest absolute Gasteiger partial charge is 0.485 e. The van der Waals surface area contributed by atoms with Crippen LogP contribution in [0.3, 0.4) is 0 Å². The summed E-state index contributed by atoms with van der Waals surface area (Å²) in [6, 6.07) is 6.21. The predicted molar refractivity (Wildman–Crippen MR) is 80.9 cm³/mol. The second-order valence-electron chi connectivity index (χ2n) is 3.96. The molecular formula is C13H7BrClFN2OS. The van der Waals surface area contributed by atoms with Gasteiger partial charge in [0.2, 0.25) is 0 Å². The molecule has 3 nitrogen and oxygen atoms in total. The highest BCUT2D eigenvalue weighted by Crippen LogP contribution is 2.25. The smallest absolute Gasteiger partial charge is 0.169 e. The third-order valence-corrected chi connectivity index (χ3v) is 4.08. The molecule has 0 N–H and O–H groups in total. The summed E-state index contributed by atoms with van der Waals surface area (Å²) in [4.78, 5) is 9.32. The predicted octanol–water partition coefficient (Wildman–Crippen LogP) is 4.83. The van der Waals surface area contributed by atoms with Crippen LogP contribution in [-0.4, -0.2) is 9.97 Å². The van der Waals surface area contributed by atoms with Gasteiger partial charge in [-0.1, -0.05) is 27.5 Å². The summed E-state index contributed by atoms with van der Waals surface area (Å²) >= 11 is 10.8. The molecule has 2 aromatic heterocycles. The second kappa shape index (κ2) is 5.63. The normalized spacial score (nSPS) is 10.9. The SMILES string of the molecule is Fc1cc(Br)cc(OCc2nc(Cl)c3ccsc3n2)c1. The number of rotatable bonds is 3. The number of nitrogens with zero attached hydrogens (tertiary/aromatic N) is 2. The van der Waals surface area contributed by atoms with E-state index < -0.39 is 0 Å². The third kappa shape index (κ3) is 2.92. The third-order valence-electron chi connectivity index (χ3n) is 2.53. The summed E-state index contributed by atoms with van der Waals surface area (Å²) in [6.07, 6.45) is 0. The number of hydrogen-bond acceptors (Lipinski definition) is 4. The molecule has 0 fully saturated rings. The molecule has 0 saturated heterocycles. The first-order chi connectivity index (χ1) is 9.61.